The van der Waals surface area contributed by atoms with E-state index in [0.29, 0.717) is 26.1 Å². The van der Waals surface area contributed by atoms with E-state index < -0.39 is 15.6 Å². The number of aliphatic hydroxyl groups is 1. The molecule has 1 rings (SSSR count). The second-order valence-corrected chi connectivity index (χ2v) is 6.40. The van der Waals surface area contributed by atoms with E-state index in [4.69, 9.17) is 4.74 Å². The number of ether oxygens (including phenoxy) is 1. The molecule has 1 saturated heterocycles. The molecule has 5 nitrogen and oxygen atoms in total. The smallest absolute Gasteiger partial charge is 0.222 e. The van der Waals surface area contributed by atoms with E-state index in [1.54, 1.807) is 0 Å². The lowest BCUT2D eigenvalue weighted by molar-refractivity contribution is 0.0223. The van der Waals surface area contributed by atoms with Gasteiger partial charge in [0.2, 0.25) is 10.0 Å². The van der Waals surface area contributed by atoms with Crippen molar-refractivity contribution in [3.05, 3.63) is 0 Å². The van der Waals surface area contributed by atoms with Gasteiger partial charge in [-0.1, -0.05) is 15.9 Å². The zero-order valence-electron chi connectivity index (χ0n) is 7.70. The molecule has 0 radical (unpaired) electrons. The van der Waals surface area contributed by atoms with Gasteiger partial charge in [0.1, 0.15) is 4.66 Å². The molecule has 0 spiro atoms. The van der Waals surface area contributed by atoms with Crippen LogP contribution in [0, 0.1) is 0 Å². The molecule has 14 heavy (non-hydrogen) atoms. The molecule has 84 valence electrons. The highest BCUT2D eigenvalue weighted by Gasteiger charge is 2.35. The summed E-state index contributed by atoms with van der Waals surface area (Å²) in [7, 11) is -3.34. The zero-order chi connectivity index (χ0) is 10.7. The Morgan fingerprint density at radius 1 is 1.43 bits per heavy atom. The second kappa shape index (κ2) is 4.89. The molecule has 0 aliphatic carbocycles. The van der Waals surface area contributed by atoms with Crippen molar-refractivity contribution in [1.82, 2.24) is 4.72 Å². The third-order valence-corrected chi connectivity index (χ3v) is 5.11. The van der Waals surface area contributed by atoms with Crippen LogP contribution >= 0.6 is 15.9 Å². The summed E-state index contributed by atoms with van der Waals surface area (Å²) in [6.07, 6.45) is 1.02. The molecule has 0 amide bonds. The number of hydrogen-bond acceptors (Lipinski definition) is 4. The molecule has 7 heteroatoms. The molecule has 0 saturated carbocycles. The van der Waals surface area contributed by atoms with E-state index in [-0.39, 0.29) is 11.3 Å². The Bertz CT molecular complexity index is 273. The molecule has 0 aromatic carbocycles. The van der Waals surface area contributed by atoms with Crippen molar-refractivity contribution in [1.29, 1.82) is 0 Å². The average Bonchev–Trinajstić information content (AvgIpc) is 2.19. The lowest BCUT2D eigenvalue weighted by Crippen LogP contribution is -2.54. The molecule has 1 aliphatic rings. The summed E-state index contributed by atoms with van der Waals surface area (Å²) in [5.41, 5.74) is -0.731. The van der Waals surface area contributed by atoms with Crippen LogP contribution in [0.2, 0.25) is 0 Å². The van der Waals surface area contributed by atoms with E-state index in [1.807, 2.05) is 0 Å². The van der Waals surface area contributed by atoms with Gasteiger partial charge in [-0.2, -0.15) is 0 Å². The van der Waals surface area contributed by atoms with Crippen LogP contribution < -0.4 is 4.72 Å². The lowest BCUT2D eigenvalue weighted by atomic mass is 9.93. The summed E-state index contributed by atoms with van der Waals surface area (Å²) in [5, 5.41) is 9.20. The first-order chi connectivity index (χ1) is 6.54. The van der Waals surface area contributed by atoms with Crippen molar-refractivity contribution in [2.24, 2.45) is 0 Å². The fraction of sp³-hybridized carbons (Fsp3) is 1.00. The standard InChI is InChI=1S/C7H14BrNO4S/c8-6-14(11,12)9-7(5-10)1-3-13-4-2-7/h9-10H,1-6H2. The molecule has 2 N–H and O–H groups in total. The zero-order valence-corrected chi connectivity index (χ0v) is 10.1. The highest BCUT2D eigenvalue weighted by Crippen LogP contribution is 2.21. The molecule has 0 bridgehead atoms. The van der Waals surface area contributed by atoms with E-state index in [0.717, 1.165) is 0 Å². The summed E-state index contributed by atoms with van der Waals surface area (Å²) in [5.74, 6) is 0. The maximum atomic E-state index is 11.3. The van der Waals surface area contributed by atoms with Gasteiger partial charge in [-0.25, -0.2) is 13.1 Å². The van der Waals surface area contributed by atoms with Crippen LogP contribution in [0.3, 0.4) is 0 Å². The predicted molar refractivity (Wildman–Crippen MR) is 55.7 cm³/mol. The molecule has 1 fully saturated rings. The normalized spacial score (nSPS) is 22.1. The topological polar surface area (TPSA) is 75.6 Å². The first kappa shape index (κ1) is 12.4. The van der Waals surface area contributed by atoms with Gasteiger partial charge < -0.3 is 9.84 Å². The number of hydrogen-bond donors (Lipinski definition) is 2. The van der Waals surface area contributed by atoms with Gasteiger partial charge in [0, 0.05) is 13.2 Å². The number of sulfonamides is 1. The minimum atomic E-state index is -3.34. The monoisotopic (exact) mass is 287 g/mol. The van der Waals surface area contributed by atoms with E-state index in [2.05, 4.69) is 20.7 Å². The quantitative estimate of drug-likeness (QED) is 0.703. The minimum Gasteiger partial charge on any atom is -0.394 e. The fourth-order valence-electron chi connectivity index (χ4n) is 1.41. The van der Waals surface area contributed by atoms with E-state index in [9.17, 15) is 13.5 Å². The van der Waals surface area contributed by atoms with Crippen LogP contribution in [0.4, 0.5) is 0 Å². The summed E-state index contributed by atoms with van der Waals surface area (Å²) >= 11 is 2.89. The first-order valence-corrected chi connectivity index (χ1v) is 7.07. The number of rotatable bonds is 4. The maximum absolute atomic E-state index is 11.3. The highest BCUT2D eigenvalue weighted by atomic mass is 79.9. The summed E-state index contributed by atoms with van der Waals surface area (Å²) in [4.78, 5) is 0. The van der Waals surface area contributed by atoms with Crippen LogP contribution in [-0.2, 0) is 14.8 Å². The Kier molecular flexibility index (Phi) is 4.32. The Morgan fingerprint density at radius 2 is 2.00 bits per heavy atom. The number of aliphatic hydroxyl groups excluding tert-OH is 1. The van der Waals surface area contributed by atoms with Crippen molar-refractivity contribution in [3.63, 3.8) is 0 Å². The molecular formula is C7H14BrNO4S. The van der Waals surface area contributed by atoms with Crippen molar-refractivity contribution in [2.75, 3.05) is 24.5 Å². The fourth-order valence-corrected chi connectivity index (χ4v) is 2.74. The van der Waals surface area contributed by atoms with Crippen molar-refractivity contribution < 1.29 is 18.3 Å². The van der Waals surface area contributed by atoms with Crippen molar-refractivity contribution >= 4 is 26.0 Å². The molecule has 1 heterocycles. The molecule has 0 aromatic heterocycles. The van der Waals surface area contributed by atoms with Crippen LogP contribution in [-0.4, -0.2) is 43.5 Å². The molecule has 0 atom stereocenters. The SMILES string of the molecule is O=S(=O)(CBr)NC1(CO)CCOCC1. The highest BCUT2D eigenvalue weighted by molar-refractivity contribution is 9.10. The Morgan fingerprint density at radius 3 is 2.43 bits per heavy atom. The van der Waals surface area contributed by atoms with E-state index in [1.165, 1.54) is 0 Å². The van der Waals surface area contributed by atoms with Gasteiger partial charge in [-0.3, -0.25) is 0 Å². The largest absolute Gasteiger partial charge is 0.394 e. The predicted octanol–water partition coefficient (Wildman–Crippen LogP) is -0.200. The van der Waals surface area contributed by atoms with Gasteiger partial charge in [0.05, 0.1) is 12.1 Å². The molecule has 0 aromatic rings. The first-order valence-electron chi connectivity index (χ1n) is 4.30. The van der Waals surface area contributed by atoms with Gasteiger partial charge >= 0.3 is 0 Å². The van der Waals surface area contributed by atoms with Gasteiger partial charge in [0.15, 0.2) is 0 Å². The van der Waals surface area contributed by atoms with Gasteiger partial charge in [-0.15, -0.1) is 0 Å². The lowest BCUT2D eigenvalue weighted by Gasteiger charge is -2.35. The maximum Gasteiger partial charge on any atom is 0.222 e. The van der Waals surface area contributed by atoms with Crippen LogP contribution in [0.15, 0.2) is 0 Å². The minimum absolute atomic E-state index is 0.150. The van der Waals surface area contributed by atoms with Gasteiger partial charge in [0.25, 0.3) is 0 Å². The van der Waals surface area contributed by atoms with Crippen LogP contribution in [0.25, 0.3) is 0 Å². The van der Waals surface area contributed by atoms with Crippen molar-refractivity contribution in [3.8, 4) is 0 Å². The van der Waals surface area contributed by atoms with E-state index >= 15 is 0 Å². The molecular weight excluding hydrogens is 274 g/mol. The van der Waals surface area contributed by atoms with Gasteiger partial charge in [-0.05, 0) is 12.8 Å². The number of alkyl halides is 1. The van der Waals surface area contributed by atoms with Crippen LogP contribution in [0.5, 0.6) is 0 Å². The summed E-state index contributed by atoms with van der Waals surface area (Å²) in [6, 6.07) is 0. The number of nitrogens with one attached hydrogen (secondary N) is 1. The number of halogens is 1. The Balaban J connectivity index is 2.70. The second-order valence-electron chi connectivity index (χ2n) is 3.38. The summed E-state index contributed by atoms with van der Waals surface area (Å²) in [6.45, 7) is 0.763. The third-order valence-electron chi connectivity index (χ3n) is 2.27. The van der Waals surface area contributed by atoms with Crippen molar-refractivity contribution in [2.45, 2.75) is 18.4 Å². The molecule has 1 aliphatic heterocycles. The Hall–Kier alpha value is 0.310. The van der Waals surface area contributed by atoms with Crippen LogP contribution in [0.1, 0.15) is 12.8 Å². The molecule has 0 unspecified atom stereocenters. The summed E-state index contributed by atoms with van der Waals surface area (Å²) < 4.78 is 30.1. The average molecular weight is 288 g/mol. The third kappa shape index (κ3) is 3.16. The Labute approximate surface area is 92.0 Å².